The lowest BCUT2D eigenvalue weighted by molar-refractivity contribution is -0.149. The van der Waals surface area contributed by atoms with Crippen molar-refractivity contribution in [1.29, 1.82) is 0 Å². The zero-order valence-electron chi connectivity index (χ0n) is 16.9. The predicted octanol–water partition coefficient (Wildman–Crippen LogP) is 4.91. The second-order valence-electron chi connectivity index (χ2n) is 9.16. The lowest BCUT2D eigenvalue weighted by Crippen LogP contribution is -2.40. The van der Waals surface area contributed by atoms with E-state index in [1.807, 2.05) is 12.1 Å². The number of carboxylic acid groups (broad SMARTS) is 1. The van der Waals surface area contributed by atoms with Crippen molar-refractivity contribution in [3.05, 3.63) is 29.3 Å². The van der Waals surface area contributed by atoms with Gasteiger partial charge >= 0.3 is 5.97 Å². The van der Waals surface area contributed by atoms with Crippen LogP contribution in [0.5, 0.6) is 11.5 Å². The van der Waals surface area contributed by atoms with E-state index in [9.17, 15) is 9.90 Å². The Hall–Kier alpha value is -1.97. The number of allylic oxidation sites excluding steroid dienone is 1. The maximum atomic E-state index is 12.5. The van der Waals surface area contributed by atoms with Crippen LogP contribution in [0.15, 0.2) is 18.2 Å². The summed E-state index contributed by atoms with van der Waals surface area (Å²) in [5, 5.41) is 10.2. The van der Waals surface area contributed by atoms with Gasteiger partial charge in [0, 0.05) is 0 Å². The van der Waals surface area contributed by atoms with Crippen molar-refractivity contribution in [2.45, 2.75) is 52.9 Å². The SMILES string of the molecule is COc1cc(C(C)(C)C)cc(OC)c1C1=C[C@H]2CC[C@@]1(C(=O)O)C2(C)C. The van der Waals surface area contributed by atoms with E-state index in [1.54, 1.807) is 14.2 Å². The topological polar surface area (TPSA) is 55.8 Å². The van der Waals surface area contributed by atoms with Gasteiger partial charge in [-0.25, -0.2) is 0 Å². The lowest BCUT2D eigenvalue weighted by atomic mass is 9.64. The van der Waals surface area contributed by atoms with E-state index in [4.69, 9.17) is 9.47 Å². The highest BCUT2D eigenvalue weighted by Gasteiger charge is 2.65. The minimum absolute atomic E-state index is 0.0636. The zero-order valence-corrected chi connectivity index (χ0v) is 16.9. The first-order chi connectivity index (χ1) is 12.0. The van der Waals surface area contributed by atoms with E-state index in [0.29, 0.717) is 17.9 Å². The molecule has 1 aromatic carbocycles. The third-order valence-electron chi connectivity index (χ3n) is 6.69. The summed E-state index contributed by atoms with van der Waals surface area (Å²) in [6, 6.07) is 4.04. The van der Waals surface area contributed by atoms with Crippen LogP contribution in [0.3, 0.4) is 0 Å². The third kappa shape index (κ3) is 2.30. The highest BCUT2D eigenvalue weighted by atomic mass is 16.5. The van der Waals surface area contributed by atoms with E-state index in [0.717, 1.165) is 23.1 Å². The number of fused-ring (bicyclic) bond motifs is 2. The molecule has 1 saturated carbocycles. The number of methoxy groups -OCH3 is 2. The first kappa shape index (κ1) is 18.8. The van der Waals surface area contributed by atoms with E-state index in [-0.39, 0.29) is 16.7 Å². The molecule has 0 saturated heterocycles. The van der Waals surface area contributed by atoms with Crippen molar-refractivity contribution in [3.63, 3.8) is 0 Å². The summed E-state index contributed by atoms with van der Waals surface area (Å²) in [6.07, 6.45) is 3.71. The number of rotatable bonds is 4. The molecule has 2 bridgehead atoms. The molecule has 4 nitrogen and oxygen atoms in total. The Morgan fingerprint density at radius 2 is 1.69 bits per heavy atom. The predicted molar refractivity (Wildman–Crippen MR) is 103 cm³/mol. The summed E-state index contributed by atoms with van der Waals surface area (Å²) in [5.74, 6) is 0.872. The van der Waals surface area contributed by atoms with Crippen molar-refractivity contribution in [2.75, 3.05) is 14.2 Å². The van der Waals surface area contributed by atoms with Gasteiger partial charge in [0.15, 0.2) is 0 Å². The van der Waals surface area contributed by atoms with Crippen LogP contribution in [0.25, 0.3) is 5.57 Å². The molecule has 4 heteroatoms. The number of carboxylic acids is 1. The van der Waals surface area contributed by atoms with Gasteiger partial charge in [0.05, 0.1) is 25.2 Å². The van der Waals surface area contributed by atoms with Crippen LogP contribution < -0.4 is 9.47 Å². The molecule has 2 aliphatic rings. The van der Waals surface area contributed by atoms with Gasteiger partial charge in [0.2, 0.25) is 0 Å². The molecule has 2 atom stereocenters. The van der Waals surface area contributed by atoms with Crippen LogP contribution in [0.1, 0.15) is 58.6 Å². The maximum absolute atomic E-state index is 12.5. The molecule has 2 aliphatic carbocycles. The summed E-state index contributed by atoms with van der Waals surface area (Å²) in [7, 11) is 3.27. The van der Waals surface area contributed by atoms with Crippen LogP contribution in [-0.4, -0.2) is 25.3 Å². The number of ether oxygens (including phenoxy) is 2. The summed E-state index contributed by atoms with van der Waals surface area (Å²) < 4.78 is 11.4. The van der Waals surface area contributed by atoms with Gasteiger partial charge in [-0.3, -0.25) is 4.79 Å². The average Bonchev–Trinajstić information content (AvgIpc) is 2.96. The average molecular weight is 358 g/mol. The van der Waals surface area contributed by atoms with Gasteiger partial charge in [-0.1, -0.05) is 40.7 Å². The van der Waals surface area contributed by atoms with Gasteiger partial charge < -0.3 is 14.6 Å². The van der Waals surface area contributed by atoms with Crippen LogP contribution in [0.4, 0.5) is 0 Å². The van der Waals surface area contributed by atoms with Gasteiger partial charge in [-0.05, 0) is 52.9 Å². The first-order valence-corrected chi connectivity index (χ1v) is 9.23. The Labute approximate surface area is 156 Å². The molecule has 3 rings (SSSR count). The summed E-state index contributed by atoms with van der Waals surface area (Å²) in [4.78, 5) is 12.5. The zero-order chi connectivity index (χ0) is 19.5. The number of hydrogen-bond acceptors (Lipinski definition) is 3. The Morgan fingerprint density at radius 1 is 1.15 bits per heavy atom. The highest BCUT2D eigenvalue weighted by molar-refractivity contribution is 5.98. The van der Waals surface area contributed by atoms with E-state index < -0.39 is 11.4 Å². The molecular formula is C22H30O4. The fourth-order valence-electron chi connectivity index (χ4n) is 4.89. The first-order valence-electron chi connectivity index (χ1n) is 9.23. The summed E-state index contributed by atoms with van der Waals surface area (Å²) in [5.41, 5.74) is 1.45. The van der Waals surface area contributed by atoms with Crippen molar-refractivity contribution < 1.29 is 19.4 Å². The Bertz CT molecular complexity index is 757. The number of carbonyl (C=O) groups is 1. The van der Waals surface area contributed by atoms with E-state index >= 15 is 0 Å². The molecule has 1 fully saturated rings. The van der Waals surface area contributed by atoms with Crippen LogP contribution in [0.2, 0.25) is 0 Å². The second-order valence-corrected chi connectivity index (χ2v) is 9.16. The molecular weight excluding hydrogens is 328 g/mol. The third-order valence-corrected chi connectivity index (χ3v) is 6.69. The van der Waals surface area contributed by atoms with Crippen molar-refractivity contribution in [1.82, 2.24) is 0 Å². The number of aliphatic carboxylic acids is 1. The maximum Gasteiger partial charge on any atom is 0.314 e. The molecule has 1 aromatic rings. The van der Waals surface area contributed by atoms with E-state index in [1.165, 1.54) is 0 Å². The molecule has 0 unspecified atom stereocenters. The molecule has 0 amide bonds. The van der Waals surface area contributed by atoms with Gasteiger partial charge in [0.25, 0.3) is 0 Å². The molecule has 142 valence electrons. The van der Waals surface area contributed by atoms with Crippen molar-refractivity contribution >= 4 is 11.5 Å². The molecule has 0 aliphatic heterocycles. The van der Waals surface area contributed by atoms with Crippen molar-refractivity contribution in [3.8, 4) is 11.5 Å². The molecule has 0 radical (unpaired) electrons. The van der Waals surface area contributed by atoms with Gasteiger partial charge in [-0.15, -0.1) is 0 Å². The fraction of sp³-hybridized carbons (Fsp3) is 0.591. The van der Waals surface area contributed by atoms with Crippen LogP contribution in [-0.2, 0) is 10.2 Å². The lowest BCUT2D eigenvalue weighted by Gasteiger charge is -2.37. The van der Waals surface area contributed by atoms with Gasteiger partial charge in [0.1, 0.15) is 11.5 Å². The molecule has 26 heavy (non-hydrogen) atoms. The standard InChI is InChI=1S/C22H30O4/c1-20(2,3)14-11-16(25-6)18(17(12-14)26-7)15-10-13-8-9-22(15,19(23)24)21(13,4)5/h10-13H,8-9H2,1-7H3,(H,23,24)/t13-,22-/m1/s1. The normalized spacial score (nSPS) is 26.6. The largest absolute Gasteiger partial charge is 0.496 e. The smallest absolute Gasteiger partial charge is 0.314 e. The minimum atomic E-state index is -0.901. The number of benzene rings is 1. The summed E-state index contributed by atoms with van der Waals surface area (Å²) >= 11 is 0. The molecule has 0 aromatic heterocycles. The summed E-state index contributed by atoms with van der Waals surface area (Å²) in [6.45, 7) is 10.6. The quantitative estimate of drug-likeness (QED) is 0.831. The minimum Gasteiger partial charge on any atom is -0.496 e. The Balaban J connectivity index is 2.28. The van der Waals surface area contributed by atoms with Crippen molar-refractivity contribution in [2.24, 2.45) is 16.7 Å². The van der Waals surface area contributed by atoms with Crippen LogP contribution in [0, 0.1) is 16.7 Å². The molecule has 0 heterocycles. The van der Waals surface area contributed by atoms with Crippen LogP contribution >= 0.6 is 0 Å². The van der Waals surface area contributed by atoms with E-state index in [2.05, 4.69) is 40.7 Å². The molecule has 1 N–H and O–H groups in total. The highest BCUT2D eigenvalue weighted by Crippen LogP contribution is 2.69. The number of hydrogen-bond donors (Lipinski definition) is 1. The molecule has 0 spiro atoms. The Kier molecular flexibility index (Phi) is 4.17. The fourth-order valence-corrected chi connectivity index (χ4v) is 4.89. The second kappa shape index (κ2) is 5.77. The van der Waals surface area contributed by atoms with Gasteiger partial charge in [-0.2, -0.15) is 0 Å². The Morgan fingerprint density at radius 3 is 2.08 bits per heavy atom. The monoisotopic (exact) mass is 358 g/mol.